The predicted molar refractivity (Wildman–Crippen MR) is 62.1 cm³/mol. The minimum atomic E-state index is 0.623. The Kier molecular flexibility index (Phi) is 3.21. The Balaban J connectivity index is 2.13. The molecule has 78 valence electrons. The second kappa shape index (κ2) is 4.43. The molecule has 1 saturated heterocycles. The summed E-state index contributed by atoms with van der Waals surface area (Å²) in [4.78, 5) is 1.56. The van der Waals surface area contributed by atoms with E-state index in [4.69, 9.17) is 0 Å². The van der Waals surface area contributed by atoms with E-state index in [1.54, 1.807) is 4.88 Å². The summed E-state index contributed by atoms with van der Waals surface area (Å²) in [6.45, 7) is 7.69. The minimum absolute atomic E-state index is 0.623. The fourth-order valence-electron chi connectivity index (χ4n) is 2.20. The first-order valence-corrected chi connectivity index (χ1v) is 6.19. The minimum Gasteiger partial charge on any atom is -0.314 e. The van der Waals surface area contributed by atoms with Crippen LogP contribution in [-0.2, 0) is 0 Å². The van der Waals surface area contributed by atoms with Crippen molar-refractivity contribution < 1.29 is 0 Å². The van der Waals surface area contributed by atoms with Crippen LogP contribution in [0.5, 0.6) is 0 Å². The fourth-order valence-corrected chi connectivity index (χ4v) is 3.29. The number of hydrogen-bond acceptors (Lipinski definition) is 3. The van der Waals surface area contributed by atoms with Crippen molar-refractivity contribution in [3.63, 3.8) is 0 Å². The van der Waals surface area contributed by atoms with E-state index >= 15 is 0 Å². The average Bonchev–Trinajstić information content (AvgIpc) is 2.74. The Bertz CT molecular complexity index is 295. The SMILES string of the molecule is CCNC1CNCC1c1sccc1C. The molecule has 2 heterocycles. The molecule has 0 aromatic carbocycles. The van der Waals surface area contributed by atoms with Gasteiger partial charge in [-0.1, -0.05) is 6.92 Å². The third-order valence-electron chi connectivity index (χ3n) is 2.92. The van der Waals surface area contributed by atoms with Crippen LogP contribution in [0.3, 0.4) is 0 Å². The molecule has 1 aromatic heterocycles. The molecular weight excluding hydrogens is 192 g/mol. The zero-order valence-corrected chi connectivity index (χ0v) is 9.66. The molecule has 2 nitrogen and oxygen atoms in total. The zero-order chi connectivity index (χ0) is 9.97. The van der Waals surface area contributed by atoms with Crippen molar-refractivity contribution >= 4 is 11.3 Å². The molecule has 0 saturated carbocycles. The molecular formula is C11H18N2S. The third-order valence-corrected chi connectivity index (χ3v) is 4.07. The van der Waals surface area contributed by atoms with Crippen LogP contribution >= 0.6 is 11.3 Å². The largest absolute Gasteiger partial charge is 0.314 e. The predicted octanol–water partition coefficient (Wildman–Crippen LogP) is 1.72. The van der Waals surface area contributed by atoms with Crippen molar-refractivity contribution in [3.8, 4) is 0 Å². The first-order chi connectivity index (χ1) is 6.83. The highest BCUT2D eigenvalue weighted by atomic mass is 32.1. The number of hydrogen-bond donors (Lipinski definition) is 2. The number of thiophene rings is 1. The van der Waals surface area contributed by atoms with Gasteiger partial charge in [0.1, 0.15) is 0 Å². The summed E-state index contributed by atoms with van der Waals surface area (Å²) >= 11 is 1.90. The van der Waals surface area contributed by atoms with Crippen LogP contribution in [0.4, 0.5) is 0 Å². The van der Waals surface area contributed by atoms with Gasteiger partial charge in [0, 0.05) is 29.9 Å². The van der Waals surface area contributed by atoms with E-state index < -0.39 is 0 Å². The van der Waals surface area contributed by atoms with E-state index in [0.717, 1.165) is 19.6 Å². The van der Waals surface area contributed by atoms with E-state index in [1.807, 2.05) is 11.3 Å². The molecule has 2 atom stereocenters. The molecule has 2 N–H and O–H groups in total. The van der Waals surface area contributed by atoms with E-state index in [0.29, 0.717) is 12.0 Å². The second-order valence-corrected chi connectivity index (χ2v) is 4.84. The Morgan fingerprint density at radius 3 is 3.07 bits per heavy atom. The van der Waals surface area contributed by atoms with Crippen molar-refractivity contribution in [2.24, 2.45) is 0 Å². The first-order valence-electron chi connectivity index (χ1n) is 5.31. The number of nitrogens with one attached hydrogen (secondary N) is 2. The quantitative estimate of drug-likeness (QED) is 0.794. The van der Waals surface area contributed by atoms with E-state index in [9.17, 15) is 0 Å². The van der Waals surface area contributed by atoms with Crippen LogP contribution in [0.1, 0.15) is 23.3 Å². The molecule has 1 aliphatic heterocycles. The monoisotopic (exact) mass is 210 g/mol. The summed E-state index contributed by atoms with van der Waals surface area (Å²) in [5.74, 6) is 0.676. The van der Waals surface area contributed by atoms with Gasteiger partial charge in [-0.25, -0.2) is 0 Å². The maximum Gasteiger partial charge on any atom is 0.0281 e. The van der Waals surface area contributed by atoms with Gasteiger partial charge in [0.15, 0.2) is 0 Å². The Morgan fingerprint density at radius 2 is 2.43 bits per heavy atom. The van der Waals surface area contributed by atoms with E-state index in [2.05, 4.69) is 35.9 Å². The summed E-state index contributed by atoms with van der Waals surface area (Å²) in [7, 11) is 0. The lowest BCUT2D eigenvalue weighted by atomic mass is 9.99. The van der Waals surface area contributed by atoms with Gasteiger partial charge in [0.2, 0.25) is 0 Å². The summed E-state index contributed by atoms with van der Waals surface area (Å²) in [6, 6.07) is 2.85. The van der Waals surface area contributed by atoms with Crippen molar-refractivity contribution in [1.29, 1.82) is 0 Å². The average molecular weight is 210 g/mol. The Hall–Kier alpha value is -0.380. The molecule has 1 fully saturated rings. The van der Waals surface area contributed by atoms with Gasteiger partial charge >= 0.3 is 0 Å². The molecule has 0 bridgehead atoms. The topological polar surface area (TPSA) is 24.1 Å². The molecule has 0 radical (unpaired) electrons. The molecule has 0 aliphatic carbocycles. The molecule has 2 unspecified atom stereocenters. The second-order valence-electron chi connectivity index (χ2n) is 3.90. The van der Waals surface area contributed by atoms with Crippen LogP contribution in [0.15, 0.2) is 11.4 Å². The lowest BCUT2D eigenvalue weighted by molar-refractivity contribution is 0.523. The third kappa shape index (κ3) is 1.85. The molecule has 0 spiro atoms. The Morgan fingerprint density at radius 1 is 1.57 bits per heavy atom. The molecule has 1 aliphatic rings. The molecule has 0 amide bonds. The maximum absolute atomic E-state index is 3.55. The highest BCUT2D eigenvalue weighted by Gasteiger charge is 2.29. The van der Waals surface area contributed by atoms with Crippen LogP contribution < -0.4 is 10.6 Å². The van der Waals surface area contributed by atoms with Crippen LogP contribution in [0.25, 0.3) is 0 Å². The number of rotatable bonds is 3. The molecule has 14 heavy (non-hydrogen) atoms. The van der Waals surface area contributed by atoms with Crippen molar-refractivity contribution in [1.82, 2.24) is 10.6 Å². The number of aryl methyl sites for hydroxylation is 1. The lowest BCUT2D eigenvalue weighted by Gasteiger charge is -2.18. The van der Waals surface area contributed by atoms with Crippen molar-refractivity contribution in [2.45, 2.75) is 25.8 Å². The normalized spacial score (nSPS) is 27.0. The zero-order valence-electron chi connectivity index (χ0n) is 8.84. The van der Waals surface area contributed by atoms with Gasteiger partial charge < -0.3 is 10.6 Å². The van der Waals surface area contributed by atoms with Crippen LogP contribution in [0, 0.1) is 6.92 Å². The fraction of sp³-hybridized carbons (Fsp3) is 0.636. The van der Waals surface area contributed by atoms with Crippen LogP contribution in [0.2, 0.25) is 0 Å². The summed E-state index contributed by atoms with van der Waals surface area (Å²) < 4.78 is 0. The highest BCUT2D eigenvalue weighted by molar-refractivity contribution is 7.10. The molecule has 3 heteroatoms. The summed E-state index contributed by atoms with van der Waals surface area (Å²) in [6.07, 6.45) is 0. The first kappa shape index (κ1) is 10.1. The van der Waals surface area contributed by atoms with Gasteiger partial charge in [0.25, 0.3) is 0 Å². The van der Waals surface area contributed by atoms with Gasteiger partial charge in [0.05, 0.1) is 0 Å². The highest BCUT2D eigenvalue weighted by Crippen LogP contribution is 2.30. The maximum atomic E-state index is 3.55. The van der Waals surface area contributed by atoms with Crippen LogP contribution in [-0.4, -0.2) is 25.7 Å². The standard InChI is InChI=1S/C11H18N2S/c1-3-13-10-7-12-6-9(10)11-8(2)4-5-14-11/h4-5,9-10,12-13H,3,6-7H2,1-2H3. The smallest absolute Gasteiger partial charge is 0.0281 e. The molecule has 2 rings (SSSR count). The van der Waals surface area contributed by atoms with Gasteiger partial charge in [-0.05, 0) is 30.5 Å². The van der Waals surface area contributed by atoms with Gasteiger partial charge in [-0.15, -0.1) is 11.3 Å². The van der Waals surface area contributed by atoms with E-state index in [1.165, 1.54) is 5.56 Å². The summed E-state index contributed by atoms with van der Waals surface area (Å²) in [5, 5.41) is 9.22. The summed E-state index contributed by atoms with van der Waals surface area (Å²) in [5.41, 5.74) is 1.45. The Labute approximate surface area is 89.7 Å². The van der Waals surface area contributed by atoms with E-state index in [-0.39, 0.29) is 0 Å². The number of likely N-dealkylation sites (N-methyl/N-ethyl adjacent to an activating group) is 1. The van der Waals surface area contributed by atoms with Gasteiger partial charge in [-0.3, -0.25) is 0 Å². The van der Waals surface area contributed by atoms with Crippen molar-refractivity contribution in [3.05, 3.63) is 21.9 Å². The van der Waals surface area contributed by atoms with Gasteiger partial charge in [-0.2, -0.15) is 0 Å². The van der Waals surface area contributed by atoms with Crippen molar-refractivity contribution in [2.75, 3.05) is 19.6 Å². The molecule has 1 aromatic rings. The lowest BCUT2D eigenvalue weighted by Crippen LogP contribution is -2.34.